The summed E-state index contributed by atoms with van der Waals surface area (Å²) >= 11 is 0. The number of nitrogens with one attached hydrogen (secondary N) is 3. The molecular formula is C16H18N4O. The van der Waals surface area contributed by atoms with E-state index in [9.17, 15) is 4.79 Å². The maximum atomic E-state index is 11.8. The van der Waals surface area contributed by atoms with Crippen molar-refractivity contribution < 1.29 is 0 Å². The highest BCUT2D eigenvalue weighted by atomic mass is 16.1. The van der Waals surface area contributed by atoms with Gasteiger partial charge in [-0.15, -0.1) is 0 Å². The second-order valence-corrected chi connectivity index (χ2v) is 5.79. The molecule has 1 aliphatic carbocycles. The molecule has 1 aromatic heterocycles. The molecule has 1 aromatic carbocycles. The van der Waals surface area contributed by atoms with Gasteiger partial charge in [0, 0.05) is 24.2 Å². The largest absolute Gasteiger partial charge is 0.340 e. The Morgan fingerprint density at radius 3 is 3.05 bits per heavy atom. The standard InChI is InChI=1S/C16H18N4O/c21-15-8-14(19-16(20-15)10-4-5-10)18-13-3-1-2-11-9-17-7-6-12(11)13/h1-3,8,10,17H,4-7,9H2,(H2,18,19,20,21). The number of aromatic nitrogens is 2. The number of benzene rings is 1. The van der Waals surface area contributed by atoms with Crippen LogP contribution in [0.3, 0.4) is 0 Å². The first-order chi connectivity index (χ1) is 10.3. The molecule has 1 fully saturated rings. The number of anilines is 2. The van der Waals surface area contributed by atoms with Crippen LogP contribution in [0, 0.1) is 0 Å². The molecule has 21 heavy (non-hydrogen) atoms. The van der Waals surface area contributed by atoms with Crippen molar-refractivity contribution >= 4 is 11.5 Å². The molecule has 0 radical (unpaired) electrons. The van der Waals surface area contributed by atoms with E-state index in [1.807, 2.05) is 6.07 Å². The zero-order valence-electron chi connectivity index (χ0n) is 11.8. The van der Waals surface area contributed by atoms with Gasteiger partial charge < -0.3 is 15.6 Å². The molecule has 2 aromatic rings. The van der Waals surface area contributed by atoms with E-state index < -0.39 is 0 Å². The third kappa shape index (κ3) is 2.56. The Bertz CT molecular complexity index is 733. The van der Waals surface area contributed by atoms with E-state index in [0.29, 0.717) is 11.7 Å². The van der Waals surface area contributed by atoms with Gasteiger partial charge in [0.15, 0.2) is 0 Å². The van der Waals surface area contributed by atoms with Crippen LogP contribution in [0.4, 0.5) is 11.5 Å². The number of nitrogens with zero attached hydrogens (tertiary/aromatic N) is 1. The maximum absolute atomic E-state index is 11.8. The Balaban J connectivity index is 1.68. The molecular weight excluding hydrogens is 264 g/mol. The summed E-state index contributed by atoms with van der Waals surface area (Å²) in [5.41, 5.74) is 3.62. The average molecular weight is 282 g/mol. The molecule has 0 amide bonds. The van der Waals surface area contributed by atoms with Gasteiger partial charge in [-0.05, 0) is 43.0 Å². The smallest absolute Gasteiger partial charge is 0.252 e. The van der Waals surface area contributed by atoms with Crippen LogP contribution in [0.1, 0.15) is 35.7 Å². The highest BCUT2D eigenvalue weighted by molar-refractivity contribution is 5.63. The molecule has 2 aliphatic rings. The molecule has 5 nitrogen and oxygen atoms in total. The van der Waals surface area contributed by atoms with Crippen molar-refractivity contribution in [1.82, 2.24) is 15.3 Å². The van der Waals surface area contributed by atoms with Crippen molar-refractivity contribution in [2.45, 2.75) is 31.7 Å². The Labute approximate surface area is 122 Å². The van der Waals surface area contributed by atoms with E-state index >= 15 is 0 Å². The van der Waals surface area contributed by atoms with Crippen LogP contribution < -0.4 is 16.2 Å². The van der Waals surface area contributed by atoms with Gasteiger partial charge in [0.25, 0.3) is 5.56 Å². The lowest BCUT2D eigenvalue weighted by atomic mass is 9.99. The fraction of sp³-hybridized carbons (Fsp3) is 0.375. The van der Waals surface area contributed by atoms with Crippen LogP contribution >= 0.6 is 0 Å². The molecule has 1 saturated carbocycles. The summed E-state index contributed by atoms with van der Waals surface area (Å²) in [4.78, 5) is 19.2. The number of aromatic amines is 1. The average Bonchev–Trinajstić information content (AvgIpc) is 3.32. The van der Waals surface area contributed by atoms with Crippen LogP contribution in [-0.2, 0) is 13.0 Å². The van der Waals surface area contributed by atoms with Crippen molar-refractivity contribution in [2.24, 2.45) is 0 Å². The first-order valence-corrected chi connectivity index (χ1v) is 7.49. The fourth-order valence-electron chi connectivity index (χ4n) is 2.88. The second kappa shape index (κ2) is 5.00. The minimum atomic E-state index is -0.0825. The molecule has 3 N–H and O–H groups in total. The van der Waals surface area contributed by atoms with Crippen LogP contribution in [0.5, 0.6) is 0 Å². The number of hydrogen-bond donors (Lipinski definition) is 3. The van der Waals surface area contributed by atoms with E-state index in [1.54, 1.807) is 0 Å². The van der Waals surface area contributed by atoms with Crippen LogP contribution in [-0.4, -0.2) is 16.5 Å². The monoisotopic (exact) mass is 282 g/mol. The summed E-state index contributed by atoms with van der Waals surface area (Å²) in [5, 5.41) is 6.71. The van der Waals surface area contributed by atoms with Gasteiger partial charge in [-0.3, -0.25) is 4.79 Å². The van der Waals surface area contributed by atoms with E-state index in [1.165, 1.54) is 17.2 Å². The van der Waals surface area contributed by atoms with Crippen molar-refractivity contribution in [2.75, 3.05) is 11.9 Å². The Kier molecular flexibility index (Phi) is 3.00. The van der Waals surface area contributed by atoms with E-state index in [-0.39, 0.29) is 5.56 Å². The SMILES string of the molecule is O=c1cc(Nc2cccc3c2CCNC3)nc(C2CC2)[nH]1. The Morgan fingerprint density at radius 2 is 2.19 bits per heavy atom. The number of hydrogen-bond acceptors (Lipinski definition) is 4. The van der Waals surface area contributed by atoms with E-state index in [2.05, 4.69) is 32.7 Å². The lowest BCUT2D eigenvalue weighted by molar-refractivity contribution is 0.645. The molecule has 2 heterocycles. The maximum Gasteiger partial charge on any atom is 0.252 e. The summed E-state index contributed by atoms with van der Waals surface area (Å²) in [6.45, 7) is 1.89. The molecule has 0 unspecified atom stereocenters. The lowest BCUT2D eigenvalue weighted by Gasteiger charge is -2.20. The number of fused-ring (bicyclic) bond motifs is 1. The minimum Gasteiger partial charge on any atom is -0.340 e. The first-order valence-electron chi connectivity index (χ1n) is 7.49. The zero-order chi connectivity index (χ0) is 14.2. The molecule has 108 valence electrons. The van der Waals surface area contributed by atoms with Gasteiger partial charge >= 0.3 is 0 Å². The topological polar surface area (TPSA) is 69.8 Å². The van der Waals surface area contributed by atoms with Gasteiger partial charge in [-0.2, -0.15) is 0 Å². The molecule has 4 rings (SSSR count). The Hall–Kier alpha value is -2.14. The third-order valence-electron chi connectivity index (χ3n) is 4.13. The van der Waals surface area contributed by atoms with Crippen molar-refractivity contribution in [1.29, 1.82) is 0 Å². The van der Waals surface area contributed by atoms with Gasteiger partial charge in [-0.25, -0.2) is 4.98 Å². The molecule has 0 bridgehead atoms. The highest BCUT2D eigenvalue weighted by Crippen LogP contribution is 2.38. The molecule has 0 spiro atoms. The fourth-order valence-corrected chi connectivity index (χ4v) is 2.88. The number of H-pyrrole nitrogens is 1. The minimum absolute atomic E-state index is 0.0825. The van der Waals surface area contributed by atoms with Crippen molar-refractivity contribution in [3.63, 3.8) is 0 Å². The third-order valence-corrected chi connectivity index (χ3v) is 4.13. The van der Waals surface area contributed by atoms with E-state index in [0.717, 1.165) is 43.9 Å². The molecule has 0 saturated heterocycles. The summed E-state index contributed by atoms with van der Waals surface area (Å²) in [6.07, 6.45) is 3.24. The van der Waals surface area contributed by atoms with Gasteiger partial charge in [0.2, 0.25) is 0 Å². The van der Waals surface area contributed by atoms with E-state index in [4.69, 9.17) is 0 Å². The normalized spacial score (nSPS) is 17.3. The zero-order valence-corrected chi connectivity index (χ0v) is 11.8. The van der Waals surface area contributed by atoms with Crippen molar-refractivity contribution in [3.8, 4) is 0 Å². The lowest BCUT2D eigenvalue weighted by Crippen LogP contribution is -2.24. The summed E-state index contributed by atoms with van der Waals surface area (Å²) < 4.78 is 0. The van der Waals surface area contributed by atoms with Gasteiger partial charge in [0.1, 0.15) is 11.6 Å². The quantitative estimate of drug-likeness (QED) is 0.805. The van der Waals surface area contributed by atoms with Crippen molar-refractivity contribution in [3.05, 3.63) is 51.6 Å². The second-order valence-electron chi connectivity index (χ2n) is 5.79. The Morgan fingerprint density at radius 1 is 1.29 bits per heavy atom. The summed E-state index contributed by atoms with van der Waals surface area (Å²) in [6, 6.07) is 7.78. The molecule has 1 aliphatic heterocycles. The highest BCUT2D eigenvalue weighted by Gasteiger charge is 2.26. The predicted octanol–water partition coefficient (Wildman–Crippen LogP) is 2.04. The van der Waals surface area contributed by atoms with Crippen LogP contribution in [0.15, 0.2) is 29.1 Å². The number of rotatable bonds is 3. The summed E-state index contributed by atoms with van der Waals surface area (Å²) in [5.74, 6) is 1.90. The molecule has 0 atom stereocenters. The summed E-state index contributed by atoms with van der Waals surface area (Å²) in [7, 11) is 0. The van der Waals surface area contributed by atoms with Gasteiger partial charge in [0.05, 0.1) is 0 Å². The first kappa shape index (κ1) is 12.6. The van der Waals surface area contributed by atoms with Crippen LogP contribution in [0.2, 0.25) is 0 Å². The predicted molar refractivity (Wildman–Crippen MR) is 82.0 cm³/mol. The molecule has 5 heteroatoms. The van der Waals surface area contributed by atoms with Gasteiger partial charge in [-0.1, -0.05) is 12.1 Å². The van der Waals surface area contributed by atoms with Crippen LogP contribution in [0.25, 0.3) is 0 Å².